The van der Waals surface area contributed by atoms with Crippen molar-refractivity contribution in [1.82, 2.24) is 5.32 Å². The van der Waals surface area contributed by atoms with E-state index < -0.39 is 5.41 Å². The summed E-state index contributed by atoms with van der Waals surface area (Å²) in [5.41, 5.74) is 11.3. The first-order chi connectivity index (χ1) is 8.66. The molecule has 0 radical (unpaired) electrons. The number of carbonyl (C=O) groups is 1. The molecule has 5 heteroatoms. The Balaban J connectivity index is 1.89. The van der Waals surface area contributed by atoms with Crippen LogP contribution in [0.15, 0.2) is 0 Å². The van der Waals surface area contributed by atoms with Crippen molar-refractivity contribution in [2.24, 2.45) is 16.9 Å². The molecule has 5 nitrogen and oxygen atoms in total. The van der Waals surface area contributed by atoms with Crippen LogP contribution < -0.4 is 16.8 Å². The summed E-state index contributed by atoms with van der Waals surface area (Å²) in [6.45, 7) is 1.69. The van der Waals surface area contributed by atoms with Gasteiger partial charge < -0.3 is 21.5 Å². The highest BCUT2D eigenvalue weighted by Crippen LogP contribution is 2.30. The summed E-state index contributed by atoms with van der Waals surface area (Å²) in [4.78, 5) is 12.4. The van der Waals surface area contributed by atoms with Crippen LogP contribution in [-0.2, 0) is 9.53 Å². The molecule has 0 atom stereocenters. The van der Waals surface area contributed by atoms with Crippen molar-refractivity contribution in [3.63, 3.8) is 0 Å². The number of hydrogen-bond donors (Lipinski definition) is 3. The Kier molecular flexibility index (Phi) is 4.59. The third-order valence-electron chi connectivity index (χ3n) is 4.43. The number of nitrogens with one attached hydrogen (secondary N) is 1. The average Bonchev–Trinajstić information content (AvgIpc) is 2.42. The molecular weight excluding hydrogens is 230 g/mol. The highest BCUT2D eigenvalue weighted by atomic mass is 16.5. The minimum Gasteiger partial charge on any atom is -0.381 e. The fraction of sp³-hybridized carbons (Fsp3) is 0.923. The summed E-state index contributed by atoms with van der Waals surface area (Å²) in [5, 5.41) is 3.17. The van der Waals surface area contributed by atoms with Crippen molar-refractivity contribution in [2.45, 2.75) is 50.6 Å². The van der Waals surface area contributed by atoms with Crippen LogP contribution in [0.4, 0.5) is 0 Å². The molecule has 2 fully saturated rings. The zero-order chi connectivity index (χ0) is 13.0. The molecule has 5 N–H and O–H groups in total. The van der Waals surface area contributed by atoms with Crippen LogP contribution in [0.3, 0.4) is 0 Å². The minimum absolute atomic E-state index is 0.119. The number of amides is 1. The first-order valence-corrected chi connectivity index (χ1v) is 7.01. The van der Waals surface area contributed by atoms with Gasteiger partial charge in [-0.05, 0) is 38.5 Å². The summed E-state index contributed by atoms with van der Waals surface area (Å²) in [7, 11) is 0. The quantitative estimate of drug-likeness (QED) is 0.668. The average molecular weight is 255 g/mol. The molecule has 2 aliphatic rings. The molecule has 0 spiro atoms. The van der Waals surface area contributed by atoms with E-state index in [1.807, 2.05) is 0 Å². The lowest BCUT2D eigenvalue weighted by atomic mass is 9.78. The molecule has 1 aliphatic carbocycles. The SMILES string of the molecule is NCC1(C(=O)NC2CCC(N)CC2)CCOCC1. The molecule has 18 heavy (non-hydrogen) atoms. The highest BCUT2D eigenvalue weighted by Gasteiger charge is 2.39. The van der Waals surface area contributed by atoms with Crippen LogP contribution in [0.1, 0.15) is 38.5 Å². The monoisotopic (exact) mass is 255 g/mol. The number of ether oxygens (including phenoxy) is 1. The van der Waals surface area contributed by atoms with Crippen molar-refractivity contribution in [1.29, 1.82) is 0 Å². The molecule has 104 valence electrons. The second kappa shape index (κ2) is 5.99. The van der Waals surface area contributed by atoms with Crippen LogP contribution in [0.2, 0.25) is 0 Å². The predicted octanol–water partition coefficient (Wildman–Crippen LogP) is 0.128. The minimum atomic E-state index is -0.405. The van der Waals surface area contributed by atoms with Gasteiger partial charge in [-0.15, -0.1) is 0 Å². The van der Waals surface area contributed by atoms with Crippen molar-refractivity contribution >= 4 is 5.91 Å². The Morgan fingerprint density at radius 2 is 1.83 bits per heavy atom. The Bertz CT molecular complexity index is 282. The maximum atomic E-state index is 12.4. The largest absolute Gasteiger partial charge is 0.381 e. The van der Waals surface area contributed by atoms with E-state index >= 15 is 0 Å². The number of rotatable bonds is 3. The van der Waals surface area contributed by atoms with Gasteiger partial charge in [0, 0.05) is 31.8 Å². The third-order valence-corrected chi connectivity index (χ3v) is 4.43. The predicted molar refractivity (Wildman–Crippen MR) is 69.9 cm³/mol. The topological polar surface area (TPSA) is 90.4 Å². The number of nitrogens with two attached hydrogens (primary N) is 2. The molecule has 0 aromatic carbocycles. The molecule has 1 amide bonds. The third kappa shape index (κ3) is 3.02. The van der Waals surface area contributed by atoms with Gasteiger partial charge in [-0.2, -0.15) is 0 Å². The Labute approximate surface area is 109 Å². The van der Waals surface area contributed by atoms with Crippen LogP contribution in [0, 0.1) is 5.41 Å². The van der Waals surface area contributed by atoms with E-state index in [9.17, 15) is 4.79 Å². The number of carbonyl (C=O) groups excluding carboxylic acids is 1. The number of hydrogen-bond acceptors (Lipinski definition) is 4. The molecule has 1 saturated heterocycles. The van der Waals surface area contributed by atoms with E-state index in [0.717, 1.165) is 38.5 Å². The van der Waals surface area contributed by atoms with E-state index in [1.165, 1.54) is 0 Å². The molecular formula is C13H25N3O2. The van der Waals surface area contributed by atoms with Crippen molar-refractivity contribution in [2.75, 3.05) is 19.8 Å². The highest BCUT2D eigenvalue weighted by molar-refractivity contribution is 5.83. The summed E-state index contributed by atoms with van der Waals surface area (Å²) in [5.74, 6) is 0.119. The fourth-order valence-electron chi connectivity index (χ4n) is 2.89. The van der Waals surface area contributed by atoms with Crippen molar-refractivity contribution in [3.05, 3.63) is 0 Å². The second-order valence-electron chi connectivity index (χ2n) is 5.68. The molecule has 0 unspecified atom stereocenters. The molecule has 1 saturated carbocycles. The standard InChI is InChI=1S/C13H25N3O2/c14-9-13(5-7-18-8-6-13)12(17)16-11-3-1-10(15)2-4-11/h10-11H,1-9,14-15H2,(H,16,17). The maximum Gasteiger partial charge on any atom is 0.227 e. The van der Waals surface area contributed by atoms with Crippen molar-refractivity contribution < 1.29 is 9.53 Å². The van der Waals surface area contributed by atoms with Crippen LogP contribution in [-0.4, -0.2) is 37.7 Å². The molecule has 1 aliphatic heterocycles. The first kappa shape index (κ1) is 13.8. The second-order valence-corrected chi connectivity index (χ2v) is 5.68. The van der Waals surface area contributed by atoms with E-state index in [4.69, 9.17) is 16.2 Å². The summed E-state index contributed by atoms with van der Waals surface area (Å²) in [6, 6.07) is 0.591. The van der Waals surface area contributed by atoms with Gasteiger partial charge in [0.15, 0.2) is 0 Å². The molecule has 1 heterocycles. The fourth-order valence-corrected chi connectivity index (χ4v) is 2.89. The maximum absolute atomic E-state index is 12.4. The van der Waals surface area contributed by atoms with Gasteiger partial charge in [0.05, 0.1) is 5.41 Å². The van der Waals surface area contributed by atoms with E-state index in [2.05, 4.69) is 5.32 Å². The Morgan fingerprint density at radius 3 is 2.39 bits per heavy atom. The van der Waals surface area contributed by atoms with Gasteiger partial charge >= 0.3 is 0 Å². The first-order valence-electron chi connectivity index (χ1n) is 7.01. The van der Waals surface area contributed by atoms with Gasteiger partial charge in [-0.25, -0.2) is 0 Å². The molecule has 0 bridgehead atoms. The lowest BCUT2D eigenvalue weighted by Crippen LogP contribution is -2.52. The van der Waals surface area contributed by atoms with Crippen LogP contribution in [0.25, 0.3) is 0 Å². The lowest BCUT2D eigenvalue weighted by molar-refractivity contribution is -0.136. The van der Waals surface area contributed by atoms with Gasteiger partial charge in [0.25, 0.3) is 0 Å². The summed E-state index contributed by atoms with van der Waals surface area (Å²) < 4.78 is 5.33. The van der Waals surface area contributed by atoms with Gasteiger partial charge in [-0.1, -0.05) is 0 Å². The Hall–Kier alpha value is -0.650. The zero-order valence-electron chi connectivity index (χ0n) is 11.0. The summed E-state index contributed by atoms with van der Waals surface area (Å²) in [6.07, 6.45) is 5.46. The lowest BCUT2D eigenvalue weighted by Gasteiger charge is -2.37. The van der Waals surface area contributed by atoms with Gasteiger partial charge in [-0.3, -0.25) is 4.79 Å². The van der Waals surface area contributed by atoms with Gasteiger partial charge in [0.1, 0.15) is 0 Å². The normalized spacial score (nSPS) is 31.9. The van der Waals surface area contributed by atoms with Gasteiger partial charge in [0.2, 0.25) is 5.91 Å². The molecule has 2 rings (SSSR count). The van der Waals surface area contributed by atoms with Crippen molar-refractivity contribution in [3.8, 4) is 0 Å². The van der Waals surface area contributed by atoms with E-state index in [0.29, 0.717) is 25.8 Å². The summed E-state index contributed by atoms with van der Waals surface area (Å²) >= 11 is 0. The van der Waals surface area contributed by atoms with E-state index in [1.54, 1.807) is 0 Å². The molecule has 0 aromatic heterocycles. The smallest absolute Gasteiger partial charge is 0.227 e. The molecule has 0 aromatic rings. The Morgan fingerprint density at radius 1 is 1.22 bits per heavy atom. The zero-order valence-corrected chi connectivity index (χ0v) is 11.0. The van der Waals surface area contributed by atoms with E-state index in [-0.39, 0.29) is 11.9 Å². The van der Waals surface area contributed by atoms with Crippen LogP contribution >= 0.6 is 0 Å². The van der Waals surface area contributed by atoms with Crippen LogP contribution in [0.5, 0.6) is 0 Å².